The van der Waals surface area contributed by atoms with Crippen molar-refractivity contribution in [2.24, 2.45) is 13.0 Å². The molecule has 0 amide bonds. The number of benzene rings is 1. The van der Waals surface area contributed by atoms with E-state index in [1.54, 1.807) is 0 Å². The molecule has 0 radical (unpaired) electrons. The van der Waals surface area contributed by atoms with Crippen LogP contribution in [0.15, 0.2) is 24.4 Å². The number of carboxylic acid groups (broad SMARTS) is 1. The number of likely N-dealkylation sites (N-methyl/N-ethyl adjacent to an activating group) is 1. The lowest BCUT2D eigenvalue weighted by molar-refractivity contribution is -0.144. The summed E-state index contributed by atoms with van der Waals surface area (Å²) in [6.07, 6.45) is 4.03. The zero-order valence-electron chi connectivity index (χ0n) is 12.4. The highest BCUT2D eigenvalue weighted by molar-refractivity contribution is 5.89. The molecule has 1 aromatic heterocycles. The van der Waals surface area contributed by atoms with Gasteiger partial charge in [0, 0.05) is 42.7 Å². The predicted octanol–water partition coefficient (Wildman–Crippen LogP) is 2.22. The van der Waals surface area contributed by atoms with E-state index >= 15 is 0 Å². The van der Waals surface area contributed by atoms with Crippen LogP contribution in [0.3, 0.4) is 0 Å². The Balaban J connectivity index is 1.87. The molecule has 1 aromatic carbocycles. The van der Waals surface area contributed by atoms with Gasteiger partial charge in [-0.15, -0.1) is 0 Å². The molecule has 1 fully saturated rings. The van der Waals surface area contributed by atoms with Crippen LogP contribution in [-0.2, 0) is 18.3 Å². The lowest BCUT2D eigenvalue weighted by Gasteiger charge is -2.44. The van der Waals surface area contributed by atoms with Gasteiger partial charge in [0.25, 0.3) is 0 Å². The Hall–Kier alpha value is -1.81. The van der Waals surface area contributed by atoms with Crippen LogP contribution in [0.5, 0.6) is 0 Å². The average Bonchev–Trinajstić information content (AvgIpc) is 2.78. The largest absolute Gasteiger partial charge is 0.481 e. The molecule has 1 aliphatic carbocycles. The van der Waals surface area contributed by atoms with Gasteiger partial charge in [0.1, 0.15) is 0 Å². The molecular formula is C17H20N2O2. The van der Waals surface area contributed by atoms with Gasteiger partial charge in [-0.3, -0.25) is 4.79 Å². The molecule has 4 heteroatoms. The number of aliphatic carboxylic acids is 1. The summed E-state index contributed by atoms with van der Waals surface area (Å²) in [4.78, 5) is 13.7. The van der Waals surface area contributed by atoms with Gasteiger partial charge >= 0.3 is 5.97 Å². The number of nitrogens with zero attached hydrogens (tertiary/aromatic N) is 2. The fraction of sp³-hybridized carbons (Fsp3) is 0.471. The average molecular weight is 284 g/mol. The monoisotopic (exact) mass is 284 g/mol. The van der Waals surface area contributed by atoms with Crippen molar-refractivity contribution in [3.05, 3.63) is 35.5 Å². The molecule has 1 N–H and O–H groups in total. The number of carboxylic acids is 1. The van der Waals surface area contributed by atoms with E-state index in [-0.39, 0.29) is 5.92 Å². The number of aryl methyl sites for hydroxylation is 1. The fourth-order valence-corrected chi connectivity index (χ4v) is 4.40. The van der Waals surface area contributed by atoms with Crippen molar-refractivity contribution in [1.29, 1.82) is 0 Å². The summed E-state index contributed by atoms with van der Waals surface area (Å²) in [5, 5.41) is 10.8. The molecule has 0 spiro atoms. The first-order valence-electron chi connectivity index (χ1n) is 7.56. The van der Waals surface area contributed by atoms with Gasteiger partial charge in [0.2, 0.25) is 0 Å². The van der Waals surface area contributed by atoms with Crippen LogP contribution in [-0.4, -0.2) is 40.2 Å². The van der Waals surface area contributed by atoms with Crippen LogP contribution < -0.4 is 0 Å². The number of carbonyl (C=O) groups is 1. The third kappa shape index (κ3) is 1.75. The minimum absolute atomic E-state index is 0.253. The maximum absolute atomic E-state index is 11.4. The number of rotatable bonds is 1. The van der Waals surface area contributed by atoms with Crippen LogP contribution >= 0.6 is 0 Å². The number of likely N-dealkylation sites (tertiary alicyclic amines) is 1. The Kier molecular flexibility index (Phi) is 2.67. The zero-order chi connectivity index (χ0) is 14.7. The summed E-state index contributed by atoms with van der Waals surface area (Å²) in [7, 11) is 4.16. The molecule has 0 saturated carbocycles. The van der Waals surface area contributed by atoms with E-state index < -0.39 is 5.97 Å². The molecule has 110 valence electrons. The highest BCUT2D eigenvalue weighted by atomic mass is 16.4. The summed E-state index contributed by atoms with van der Waals surface area (Å²) in [5.74, 6) is -0.577. The SMILES string of the molecule is CN1C[C@H](C(=O)O)CC2c3cccc4c3c(cn4C)C[C@H]21. The van der Waals surface area contributed by atoms with Gasteiger partial charge in [-0.2, -0.15) is 0 Å². The molecule has 2 aliphatic rings. The van der Waals surface area contributed by atoms with Crippen molar-refractivity contribution < 1.29 is 9.90 Å². The third-order valence-electron chi connectivity index (χ3n) is 5.38. The van der Waals surface area contributed by atoms with Crippen LogP contribution in [0.1, 0.15) is 23.5 Å². The van der Waals surface area contributed by atoms with Gasteiger partial charge in [-0.1, -0.05) is 12.1 Å². The predicted molar refractivity (Wildman–Crippen MR) is 81.5 cm³/mol. The van der Waals surface area contributed by atoms with Gasteiger partial charge in [0.15, 0.2) is 0 Å². The highest BCUT2D eigenvalue weighted by Crippen LogP contribution is 2.44. The van der Waals surface area contributed by atoms with E-state index in [9.17, 15) is 9.90 Å². The van der Waals surface area contributed by atoms with Gasteiger partial charge < -0.3 is 14.6 Å². The lowest BCUT2D eigenvalue weighted by Crippen LogP contribution is -2.49. The van der Waals surface area contributed by atoms with E-state index in [0.29, 0.717) is 18.5 Å². The molecule has 4 nitrogen and oxygen atoms in total. The Morgan fingerprint density at radius 2 is 2.14 bits per heavy atom. The zero-order valence-corrected chi connectivity index (χ0v) is 12.4. The molecule has 21 heavy (non-hydrogen) atoms. The first kappa shape index (κ1) is 12.9. The molecule has 1 saturated heterocycles. The van der Waals surface area contributed by atoms with Crippen molar-refractivity contribution in [1.82, 2.24) is 9.47 Å². The second kappa shape index (κ2) is 4.34. The second-order valence-corrected chi connectivity index (χ2v) is 6.60. The van der Waals surface area contributed by atoms with Crippen LogP contribution in [0, 0.1) is 5.92 Å². The normalized spacial score (nSPS) is 28.6. The van der Waals surface area contributed by atoms with E-state index in [4.69, 9.17) is 0 Å². The number of aromatic nitrogens is 1. The molecule has 1 unspecified atom stereocenters. The Morgan fingerprint density at radius 1 is 1.33 bits per heavy atom. The quantitative estimate of drug-likeness (QED) is 0.873. The fourth-order valence-electron chi connectivity index (χ4n) is 4.40. The lowest BCUT2D eigenvalue weighted by atomic mass is 9.72. The van der Waals surface area contributed by atoms with Crippen molar-refractivity contribution in [2.75, 3.05) is 13.6 Å². The van der Waals surface area contributed by atoms with E-state index in [0.717, 1.165) is 12.8 Å². The topological polar surface area (TPSA) is 45.5 Å². The summed E-state index contributed by atoms with van der Waals surface area (Å²) in [6, 6.07) is 6.89. The van der Waals surface area contributed by atoms with Gasteiger partial charge in [-0.05, 0) is 37.1 Å². The van der Waals surface area contributed by atoms with Crippen molar-refractivity contribution in [3.8, 4) is 0 Å². The molecule has 1 aliphatic heterocycles. The van der Waals surface area contributed by atoms with E-state index in [1.807, 2.05) is 0 Å². The molecule has 0 bridgehead atoms. The summed E-state index contributed by atoms with van der Waals surface area (Å²) < 4.78 is 2.19. The molecule has 4 rings (SSSR count). The summed E-state index contributed by atoms with van der Waals surface area (Å²) in [6.45, 7) is 0.661. The van der Waals surface area contributed by atoms with Crippen molar-refractivity contribution in [3.63, 3.8) is 0 Å². The van der Waals surface area contributed by atoms with Gasteiger partial charge in [-0.25, -0.2) is 0 Å². The second-order valence-electron chi connectivity index (χ2n) is 6.60. The Labute approximate surface area is 124 Å². The minimum Gasteiger partial charge on any atom is -0.481 e. The summed E-state index contributed by atoms with van der Waals surface area (Å²) in [5.41, 5.74) is 4.02. The molecule has 2 heterocycles. The smallest absolute Gasteiger partial charge is 0.307 e. The Bertz CT molecular complexity index is 734. The molecule has 2 aromatic rings. The number of hydrogen-bond acceptors (Lipinski definition) is 2. The van der Waals surface area contributed by atoms with Crippen LogP contribution in [0.25, 0.3) is 10.9 Å². The van der Waals surface area contributed by atoms with Crippen molar-refractivity contribution >= 4 is 16.9 Å². The first-order chi connectivity index (χ1) is 10.1. The van der Waals surface area contributed by atoms with E-state index in [1.165, 1.54) is 22.0 Å². The third-order valence-corrected chi connectivity index (χ3v) is 5.38. The van der Waals surface area contributed by atoms with E-state index in [2.05, 4.69) is 48.0 Å². The van der Waals surface area contributed by atoms with Gasteiger partial charge in [0.05, 0.1) is 5.92 Å². The standard InChI is InChI=1S/C17H20N2O2/c1-18-8-10-7-15-13(6-11(17(20)21)9-19(15)2)12-4-3-5-14(18)16(10)12/h3-5,8,11,13,15H,6-7,9H2,1-2H3,(H,20,21)/t11-,13?,15-/m1/s1. The number of piperidine rings is 1. The summed E-state index contributed by atoms with van der Waals surface area (Å²) >= 11 is 0. The maximum atomic E-state index is 11.4. The molecular weight excluding hydrogens is 264 g/mol. The number of fused-ring (bicyclic) bond motifs is 2. The van der Waals surface area contributed by atoms with Crippen LogP contribution in [0.2, 0.25) is 0 Å². The minimum atomic E-state index is -0.661. The van der Waals surface area contributed by atoms with Crippen LogP contribution in [0.4, 0.5) is 0 Å². The number of hydrogen-bond donors (Lipinski definition) is 1. The first-order valence-corrected chi connectivity index (χ1v) is 7.56. The maximum Gasteiger partial charge on any atom is 0.307 e. The highest BCUT2D eigenvalue weighted by Gasteiger charge is 2.41. The molecule has 3 atom stereocenters. The van der Waals surface area contributed by atoms with Crippen molar-refractivity contribution in [2.45, 2.75) is 24.8 Å². The Morgan fingerprint density at radius 3 is 2.90 bits per heavy atom.